The van der Waals surface area contributed by atoms with Crippen molar-refractivity contribution in [3.63, 3.8) is 0 Å². The van der Waals surface area contributed by atoms with Crippen molar-refractivity contribution in [1.29, 1.82) is 0 Å². The zero-order valence-corrected chi connectivity index (χ0v) is 40.6. The number of Topliss-reactive ketones (excluding diaryl/α,β-unsaturated/α-hetero) is 3. The normalized spacial score (nSPS) is 39.1. The number of fused-ring (bicyclic) bond motifs is 3. The Hall–Kier alpha value is -3.37. The SMILES string of the molecule is CO[C@H]1CC2CC[C@@H](C)[C@@](O)(O2)C(=O)C(=O)N2CCCC[C@H]2C(=O)O[C@H]([C@H](C)C[C@@H]2CC[C@@H](O)[C@H](OC)C2)CC(=O)C(C)/C=C(\C)C(O)[C@@H](OC)C(=O)[C@H](C)C[C@H](C)/C=C/C=CC=C1C. The van der Waals surface area contributed by atoms with E-state index in [4.69, 9.17) is 23.7 Å². The van der Waals surface area contributed by atoms with Gasteiger partial charge in [0, 0.05) is 58.5 Å². The van der Waals surface area contributed by atoms with Crippen LogP contribution >= 0.6 is 0 Å². The molecule has 3 unspecified atom stereocenters. The number of aliphatic hydroxyl groups excluding tert-OH is 2. The molecule has 14 heteroatoms. The number of hydrogen-bond donors (Lipinski definition) is 3. The van der Waals surface area contributed by atoms with E-state index in [1.807, 2.05) is 58.1 Å². The molecule has 366 valence electrons. The second kappa shape index (κ2) is 25.1. The number of ketones is 3. The standard InChI is InChI=1S/C51H79NO13/c1-30-16-12-11-13-17-31(2)42(61-8)28-38-21-19-36(7)51(60,65-38)48(57)49(58)52-23-15-14-18-39(52)50(59)64-43(33(4)26-37-20-22-40(53)44(27-37)62-9)29-41(54)32(3)25-35(6)46(56)47(63-10)45(55)34(5)24-30/h11-13,16-17,25,30,32-34,36-40,42-44,46-47,53,56,60H,14-15,18-24,26-29H2,1-10H3/b13-11?,16-12+,31-17?,35-25+/t30-,32?,33-,34-,36-,37+,38?,39+,40-,42+,43+,44-,46?,47+,51-/m1/s1. The lowest BCUT2D eigenvalue weighted by atomic mass is 9.78. The highest BCUT2D eigenvalue weighted by Crippen LogP contribution is 2.38. The zero-order chi connectivity index (χ0) is 48.2. The lowest BCUT2D eigenvalue weighted by molar-refractivity contribution is -0.265. The van der Waals surface area contributed by atoms with E-state index in [2.05, 4.69) is 0 Å². The van der Waals surface area contributed by atoms with Crippen molar-refractivity contribution < 1.29 is 63.0 Å². The van der Waals surface area contributed by atoms with Crippen molar-refractivity contribution in [2.24, 2.45) is 35.5 Å². The van der Waals surface area contributed by atoms with Gasteiger partial charge in [-0.05, 0) is 107 Å². The second-order valence-corrected chi connectivity index (χ2v) is 19.6. The Morgan fingerprint density at radius 1 is 0.846 bits per heavy atom. The summed E-state index contributed by atoms with van der Waals surface area (Å²) in [4.78, 5) is 71.8. The Labute approximate surface area is 387 Å². The first-order chi connectivity index (χ1) is 30.7. The molecule has 1 saturated carbocycles. The van der Waals surface area contributed by atoms with Crippen LogP contribution < -0.4 is 0 Å². The van der Waals surface area contributed by atoms with Gasteiger partial charge in [0.2, 0.25) is 5.79 Å². The van der Waals surface area contributed by atoms with Gasteiger partial charge in [0.1, 0.15) is 30.1 Å². The maximum Gasteiger partial charge on any atom is 0.329 e. The van der Waals surface area contributed by atoms with Crippen molar-refractivity contribution in [2.75, 3.05) is 27.9 Å². The van der Waals surface area contributed by atoms with Crippen LogP contribution in [0.1, 0.15) is 126 Å². The number of aliphatic hydroxyl groups is 3. The number of cyclic esters (lactones) is 1. The molecule has 14 nitrogen and oxygen atoms in total. The van der Waals surface area contributed by atoms with Crippen LogP contribution in [0, 0.1) is 35.5 Å². The number of esters is 1. The van der Waals surface area contributed by atoms with E-state index >= 15 is 0 Å². The molecular weight excluding hydrogens is 835 g/mol. The summed E-state index contributed by atoms with van der Waals surface area (Å²) in [7, 11) is 4.52. The number of methoxy groups -OCH3 is 3. The smallest absolute Gasteiger partial charge is 0.329 e. The largest absolute Gasteiger partial charge is 0.460 e. The minimum Gasteiger partial charge on any atom is -0.460 e. The molecular formula is C51H79NO13. The van der Waals surface area contributed by atoms with E-state index in [9.17, 15) is 39.3 Å². The summed E-state index contributed by atoms with van der Waals surface area (Å²) in [6.07, 6.45) is 11.2. The molecule has 0 aromatic carbocycles. The maximum absolute atomic E-state index is 14.4. The van der Waals surface area contributed by atoms with E-state index in [0.717, 1.165) is 12.0 Å². The number of carbonyl (C=O) groups is 5. The fraction of sp³-hybridized carbons (Fsp3) is 0.745. The molecule has 3 heterocycles. The van der Waals surface area contributed by atoms with Crippen LogP contribution in [0.15, 0.2) is 47.6 Å². The van der Waals surface area contributed by atoms with Crippen LogP contribution in [0.5, 0.6) is 0 Å². The fourth-order valence-electron chi connectivity index (χ4n) is 10.1. The molecule has 0 aromatic heterocycles. The number of rotatable bonds is 6. The van der Waals surface area contributed by atoms with Crippen LogP contribution in [-0.4, -0.2) is 132 Å². The Balaban J connectivity index is 1.70. The Morgan fingerprint density at radius 3 is 2.25 bits per heavy atom. The number of amides is 1. The fourth-order valence-corrected chi connectivity index (χ4v) is 10.1. The van der Waals surface area contributed by atoms with Crippen molar-refractivity contribution in [3.8, 4) is 0 Å². The third kappa shape index (κ3) is 14.3. The van der Waals surface area contributed by atoms with E-state index in [0.29, 0.717) is 63.4 Å². The molecule has 3 aliphatic heterocycles. The van der Waals surface area contributed by atoms with E-state index in [1.165, 1.54) is 12.0 Å². The molecule has 1 aliphatic carbocycles. The van der Waals surface area contributed by atoms with E-state index in [1.54, 1.807) is 41.1 Å². The predicted molar refractivity (Wildman–Crippen MR) is 245 cm³/mol. The zero-order valence-electron chi connectivity index (χ0n) is 40.6. The molecule has 0 aromatic rings. The topological polar surface area (TPSA) is 195 Å². The molecule has 65 heavy (non-hydrogen) atoms. The highest BCUT2D eigenvalue weighted by atomic mass is 16.6. The lowest BCUT2D eigenvalue weighted by Gasteiger charge is -2.42. The van der Waals surface area contributed by atoms with Crippen LogP contribution in [0.4, 0.5) is 0 Å². The van der Waals surface area contributed by atoms with Crippen LogP contribution in [0.3, 0.4) is 0 Å². The van der Waals surface area contributed by atoms with Crippen LogP contribution in [0.2, 0.25) is 0 Å². The number of ether oxygens (including phenoxy) is 5. The Morgan fingerprint density at radius 2 is 1.57 bits per heavy atom. The average Bonchev–Trinajstić information content (AvgIpc) is 3.28. The first-order valence-corrected chi connectivity index (χ1v) is 23.9. The molecule has 2 bridgehead atoms. The summed E-state index contributed by atoms with van der Waals surface area (Å²) in [5.41, 5.74) is 1.27. The van der Waals surface area contributed by atoms with Crippen LogP contribution in [0.25, 0.3) is 0 Å². The molecule has 3 fully saturated rings. The summed E-state index contributed by atoms with van der Waals surface area (Å²) in [5.74, 6) is -7.96. The first kappa shape index (κ1) is 54.2. The molecule has 3 N–H and O–H groups in total. The van der Waals surface area contributed by atoms with Crippen molar-refractivity contribution in [2.45, 2.75) is 180 Å². The summed E-state index contributed by atoms with van der Waals surface area (Å²) >= 11 is 0. The molecule has 1 amide bonds. The molecule has 2 saturated heterocycles. The van der Waals surface area contributed by atoms with Gasteiger partial charge in [0.15, 0.2) is 5.78 Å². The summed E-state index contributed by atoms with van der Waals surface area (Å²) in [6, 6.07) is -1.14. The lowest BCUT2D eigenvalue weighted by Crippen LogP contribution is -2.61. The summed E-state index contributed by atoms with van der Waals surface area (Å²) in [6.45, 7) is 12.7. The first-order valence-electron chi connectivity index (χ1n) is 23.9. The van der Waals surface area contributed by atoms with E-state index in [-0.39, 0.29) is 54.8 Å². The molecule has 0 spiro atoms. The van der Waals surface area contributed by atoms with Gasteiger partial charge < -0.3 is 43.9 Å². The Kier molecular flexibility index (Phi) is 21.0. The van der Waals surface area contributed by atoms with Crippen molar-refractivity contribution in [3.05, 3.63) is 47.6 Å². The third-order valence-electron chi connectivity index (χ3n) is 14.5. The Bertz CT molecular complexity index is 1760. The minimum absolute atomic E-state index is 0.0193. The minimum atomic E-state index is -2.43. The van der Waals surface area contributed by atoms with Gasteiger partial charge in [0.05, 0.1) is 24.4 Å². The number of carbonyl (C=O) groups excluding carboxylic acids is 5. The monoisotopic (exact) mass is 914 g/mol. The highest BCUT2D eigenvalue weighted by Gasteiger charge is 2.53. The van der Waals surface area contributed by atoms with Crippen LogP contribution in [-0.2, 0) is 47.7 Å². The van der Waals surface area contributed by atoms with Gasteiger partial charge in [-0.2, -0.15) is 0 Å². The van der Waals surface area contributed by atoms with Gasteiger partial charge >= 0.3 is 5.97 Å². The van der Waals surface area contributed by atoms with Gasteiger partial charge in [0.25, 0.3) is 11.7 Å². The highest BCUT2D eigenvalue weighted by molar-refractivity contribution is 6.39. The summed E-state index contributed by atoms with van der Waals surface area (Å²) < 4.78 is 29.4. The average molecular weight is 914 g/mol. The van der Waals surface area contributed by atoms with Gasteiger partial charge in [-0.1, -0.05) is 71.1 Å². The molecule has 15 atom stereocenters. The predicted octanol–water partition coefficient (Wildman–Crippen LogP) is 6.18. The maximum atomic E-state index is 14.4. The number of hydrogen-bond acceptors (Lipinski definition) is 13. The number of piperidine rings is 1. The third-order valence-corrected chi connectivity index (χ3v) is 14.5. The quantitative estimate of drug-likeness (QED) is 0.156. The van der Waals surface area contributed by atoms with Gasteiger partial charge in [-0.15, -0.1) is 0 Å². The van der Waals surface area contributed by atoms with E-state index < -0.39 is 83.9 Å². The second-order valence-electron chi connectivity index (χ2n) is 19.6. The number of allylic oxidation sites excluding steroid dienone is 6. The van der Waals surface area contributed by atoms with Crippen molar-refractivity contribution >= 4 is 29.2 Å². The molecule has 0 radical (unpaired) electrons. The molecule has 4 rings (SSSR count). The van der Waals surface area contributed by atoms with Crippen molar-refractivity contribution in [1.82, 2.24) is 4.90 Å². The molecule has 4 aliphatic rings. The number of nitrogens with zero attached hydrogens (tertiary/aromatic N) is 1. The van der Waals surface area contributed by atoms with Gasteiger partial charge in [-0.3, -0.25) is 19.2 Å². The van der Waals surface area contributed by atoms with Gasteiger partial charge in [-0.25, -0.2) is 4.79 Å². The summed E-state index contributed by atoms with van der Waals surface area (Å²) in [5, 5.41) is 33.8.